The van der Waals surface area contributed by atoms with E-state index < -0.39 is 11.6 Å². The minimum atomic E-state index is -1.93. The molecule has 2 aromatic heterocycles. The molecule has 1 fully saturated rings. The molecule has 1 atom stereocenters. The second-order valence-corrected chi connectivity index (χ2v) is 5.84. The second-order valence-electron chi connectivity index (χ2n) is 4.95. The first-order valence-electron chi connectivity index (χ1n) is 6.50. The summed E-state index contributed by atoms with van der Waals surface area (Å²) in [5.41, 5.74) is -1.12. The van der Waals surface area contributed by atoms with Gasteiger partial charge in [0.05, 0.1) is 6.54 Å². The van der Waals surface area contributed by atoms with Crippen LogP contribution in [-0.4, -0.2) is 39.6 Å². The van der Waals surface area contributed by atoms with Crippen LogP contribution in [0.25, 0.3) is 0 Å². The van der Waals surface area contributed by atoms with Gasteiger partial charge in [-0.2, -0.15) is 0 Å². The van der Waals surface area contributed by atoms with E-state index in [1.165, 1.54) is 17.7 Å². The molecule has 0 saturated carbocycles. The zero-order chi connectivity index (χ0) is 14.9. The number of rotatable bonds is 3. The first-order valence-corrected chi connectivity index (χ1v) is 7.38. The maximum Gasteiger partial charge on any atom is 0.265 e. The molecule has 0 aromatic carbocycles. The van der Waals surface area contributed by atoms with Crippen LogP contribution in [-0.2, 0) is 4.79 Å². The highest BCUT2D eigenvalue weighted by Gasteiger charge is 2.45. The largest absolute Gasteiger partial charge is 0.353 e. The maximum atomic E-state index is 14.8. The quantitative estimate of drug-likeness (QED) is 0.936. The van der Waals surface area contributed by atoms with E-state index in [4.69, 9.17) is 0 Å². The Morgan fingerprint density at radius 1 is 1.48 bits per heavy atom. The molecule has 0 spiro atoms. The number of nitrogens with zero attached hydrogens (tertiary/aromatic N) is 4. The average molecular weight is 307 g/mol. The van der Waals surface area contributed by atoms with Gasteiger partial charge in [0.15, 0.2) is 5.13 Å². The molecule has 0 bridgehead atoms. The normalized spacial score (nSPS) is 21.5. The molecular formula is C13H14FN5OS. The summed E-state index contributed by atoms with van der Waals surface area (Å²) in [5.74, 6) is -0.00481. The van der Waals surface area contributed by atoms with Gasteiger partial charge in [0.2, 0.25) is 5.67 Å². The predicted octanol–water partition coefficient (Wildman–Crippen LogP) is 1.80. The van der Waals surface area contributed by atoms with Gasteiger partial charge in [-0.15, -0.1) is 11.3 Å². The number of aryl methyl sites for hydroxylation is 1. The predicted molar refractivity (Wildman–Crippen MR) is 78.2 cm³/mol. The molecule has 110 valence electrons. The molecule has 1 saturated heterocycles. The molecule has 3 heterocycles. The second kappa shape index (κ2) is 5.36. The first kappa shape index (κ1) is 13.9. The molecule has 8 heteroatoms. The van der Waals surface area contributed by atoms with Gasteiger partial charge in [-0.05, 0) is 6.92 Å². The molecule has 0 radical (unpaired) electrons. The minimum absolute atomic E-state index is 0.0132. The third kappa shape index (κ3) is 2.85. The van der Waals surface area contributed by atoms with Crippen LogP contribution in [0.1, 0.15) is 12.1 Å². The van der Waals surface area contributed by atoms with Gasteiger partial charge >= 0.3 is 0 Å². The van der Waals surface area contributed by atoms with Crippen molar-refractivity contribution in [1.82, 2.24) is 15.0 Å². The summed E-state index contributed by atoms with van der Waals surface area (Å²) in [6.45, 7) is 2.28. The number of anilines is 2. The Bertz CT molecular complexity index is 650. The Hall–Kier alpha value is -2.09. The van der Waals surface area contributed by atoms with E-state index >= 15 is 0 Å². The topological polar surface area (TPSA) is 71.0 Å². The lowest BCUT2D eigenvalue weighted by Gasteiger charge is -2.20. The van der Waals surface area contributed by atoms with Gasteiger partial charge in [-0.3, -0.25) is 10.1 Å². The van der Waals surface area contributed by atoms with Crippen molar-refractivity contribution in [3.05, 3.63) is 29.7 Å². The van der Waals surface area contributed by atoms with Gasteiger partial charge in [0.1, 0.15) is 12.1 Å². The van der Waals surface area contributed by atoms with E-state index in [-0.39, 0.29) is 13.0 Å². The molecule has 3 rings (SSSR count). The summed E-state index contributed by atoms with van der Waals surface area (Å²) in [5, 5.41) is 4.66. The lowest BCUT2D eigenvalue weighted by atomic mass is 10.1. The lowest BCUT2D eigenvalue weighted by Crippen LogP contribution is -2.41. The van der Waals surface area contributed by atoms with Crippen molar-refractivity contribution in [2.24, 2.45) is 0 Å². The molecule has 1 aliphatic heterocycles. The zero-order valence-corrected chi connectivity index (χ0v) is 12.2. The number of nitrogens with one attached hydrogen (secondary N) is 1. The number of hydrogen-bond donors (Lipinski definition) is 1. The van der Waals surface area contributed by atoms with Crippen LogP contribution in [0.3, 0.4) is 0 Å². The van der Waals surface area contributed by atoms with E-state index in [2.05, 4.69) is 20.3 Å². The number of aromatic nitrogens is 3. The van der Waals surface area contributed by atoms with E-state index in [0.717, 1.165) is 5.69 Å². The summed E-state index contributed by atoms with van der Waals surface area (Å²) in [7, 11) is 0. The first-order chi connectivity index (χ1) is 10.1. The van der Waals surface area contributed by atoms with Crippen LogP contribution in [0.15, 0.2) is 24.0 Å². The molecule has 1 unspecified atom stereocenters. The fraction of sp³-hybridized carbons (Fsp3) is 0.385. The van der Waals surface area contributed by atoms with Gasteiger partial charge in [0.25, 0.3) is 5.91 Å². The molecular weight excluding hydrogens is 293 g/mol. The van der Waals surface area contributed by atoms with Gasteiger partial charge in [0, 0.05) is 36.3 Å². The molecule has 21 heavy (non-hydrogen) atoms. The summed E-state index contributed by atoms with van der Waals surface area (Å²) < 4.78 is 14.8. The van der Waals surface area contributed by atoms with Crippen LogP contribution in [0.5, 0.6) is 0 Å². The lowest BCUT2D eigenvalue weighted by molar-refractivity contribution is -0.126. The summed E-state index contributed by atoms with van der Waals surface area (Å²) in [4.78, 5) is 25.9. The van der Waals surface area contributed by atoms with Crippen LogP contribution >= 0.6 is 11.3 Å². The van der Waals surface area contributed by atoms with Crippen molar-refractivity contribution in [1.29, 1.82) is 0 Å². The van der Waals surface area contributed by atoms with Crippen LogP contribution in [0.4, 0.5) is 15.3 Å². The van der Waals surface area contributed by atoms with Crippen molar-refractivity contribution in [3.8, 4) is 0 Å². The maximum absolute atomic E-state index is 14.8. The van der Waals surface area contributed by atoms with Crippen molar-refractivity contribution in [3.63, 3.8) is 0 Å². The smallest absolute Gasteiger partial charge is 0.265 e. The van der Waals surface area contributed by atoms with E-state index in [9.17, 15) is 9.18 Å². The Kier molecular flexibility index (Phi) is 3.54. The standard InChI is InChI=1S/C13H14FN5OS/c1-9-6-10(17-8-16-9)19-4-2-13(14,7-19)11(20)18-12-15-3-5-21-12/h3,5-6,8H,2,4,7H2,1H3,(H,15,18,20). The molecule has 1 aliphatic rings. The monoisotopic (exact) mass is 307 g/mol. The van der Waals surface area contributed by atoms with Gasteiger partial charge in [-0.25, -0.2) is 19.3 Å². The van der Waals surface area contributed by atoms with Crippen molar-refractivity contribution in [2.75, 3.05) is 23.3 Å². The Morgan fingerprint density at radius 2 is 2.33 bits per heavy atom. The highest BCUT2D eigenvalue weighted by atomic mass is 32.1. The Labute approximate surface area is 125 Å². The van der Waals surface area contributed by atoms with Crippen LogP contribution < -0.4 is 10.2 Å². The van der Waals surface area contributed by atoms with Crippen molar-refractivity contribution < 1.29 is 9.18 Å². The number of hydrogen-bond acceptors (Lipinski definition) is 6. The third-order valence-corrected chi connectivity index (χ3v) is 4.08. The van der Waals surface area contributed by atoms with E-state index in [1.54, 1.807) is 22.5 Å². The molecule has 0 aliphatic carbocycles. The minimum Gasteiger partial charge on any atom is -0.353 e. The van der Waals surface area contributed by atoms with Crippen molar-refractivity contribution in [2.45, 2.75) is 19.0 Å². The molecule has 1 N–H and O–H groups in total. The molecule has 6 nitrogen and oxygen atoms in total. The van der Waals surface area contributed by atoms with Gasteiger partial charge < -0.3 is 4.90 Å². The number of halogens is 1. The molecule has 1 amide bonds. The Morgan fingerprint density at radius 3 is 3.05 bits per heavy atom. The third-order valence-electron chi connectivity index (χ3n) is 3.39. The zero-order valence-electron chi connectivity index (χ0n) is 11.4. The van der Waals surface area contributed by atoms with Crippen LogP contribution in [0, 0.1) is 6.92 Å². The van der Waals surface area contributed by atoms with E-state index in [1.807, 2.05) is 6.92 Å². The number of amides is 1. The number of alkyl halides is 1. The highest BCUT2D eigenvalue weighted by molar-refractivity contribution is 7.13. The summed E-state index contributed by atoms with van der Waals surface area (Å²) in [6.07, 6.45) is 3.14. The number of thiazole rings is 1. The van der Waals surface area contributed by atoms with Crippen LogP contribution in [0.2, 0.25) is 0 Å². The number of carbonyl (C=O) groups is 1. The Balaban J connectivity index is 1.71. The fourth-order valence-electron chi connectivity index (χ4n) is 2.26. The molecule has 2 aromatic rings. The van der Waals surface area contributed by atoms with Gasteiger partial charge in [-0.1, -0.05) is 0 Å². The summed E-state index contributed by atoms with van der Waals surface area (Å²) >= 11 is 1.26. The van der Waals surface area contributed by atoms with E-state index in [0.29, 0.717) is 17.5 Å². The number of carbonyl (C=O) groups excluding carboxylic acids is 1. The average Bonchev–Trinajstić information content (AvgIpc) is 3.09. The fourth-order valence-corrected chi connectivity index (χ4v) is 2.79. The summed E-state index contributed by atoms with van der Waals surface area (Å²) in [6, 6.07) is 1.78. The SMILES string of the molecule is Cc1cc(N2CCC(F)(C(=O)Nc3nccs3)C2)ncn1. The highest BCUT2D eigenvalue weighted by Crippen LogP contribution is 2.30. The van der Waals surface area contributed by atoms with Crippen molar-refractivity contribution >= 4 is 28.2 Å².